The SMILES string of the molecule is O=C(Nc1nccs1)N1CCC[C@H](c2nnc3n2CCC3)C1. The topological polar surface area (TPSA) is 75.9 Å². The zero-order valence-corrected chi connectivity index (χ0v) is 13.1. The van der Waals surface area contributed by atoms with E-state index in [-0.39, 0.29) is 11.9 Å². The molecule has 1 saturated heterocycles. The molecular formula is C14H18N6OS. The van der Waals surface area contributed by atoms with E-state index in [1.54, 1.807) is 6.20 Å². The van der Waals surface area contributed by atoms with Gasteiger partial charge in [-0.15, -0.1) is 21.5 Å². The number of nitrogens with one attached hydrogen (secondary N) is 1. The van der Waals surface area contributed by atoms with Crippen molar-refractivity contribution in [2.45, 2.75) is 38.1 Å². The van der Waals surface area contributed by atoms with Gasteiger partial charge in [0.05, 0.1) is 0 Å². The molecule has 2 aromatic rings. The summed E-state index contributed by atoms with van der Waals surface area (Å²) in [7, 11) is 0. The Hall–Kier alpha value is -1.96. The summed E-state index contributed by atoms with van der Waals surface area (Å²) in [6, 6.07) is -0.0687. The van der Waals surface area contributed by atoms with E-state index in [0.29, 0.717) is 11.7 Å². The number of nitrogens with zero attached hydrogens (tertiary/aromatic N) is 5. The molecule has 4 rings (SSSR count). The highest BCUT2D eigenvalue weighted by Gasteiger charge is 2.30. The highest BCUT2D eigenvalue weighted by molar-refractivity contribution is 7.13. The molecule has 0 saturated carbocycles. The predicted octanol–water partition coefficient (Wildman–Crippen LogP) is 2.09. The number of piperidine rings is 1. The Bertz CT molecular complexity index is 667. The zero-order chi connectivity index (χ0) is 14.9. The van der Waals surface area contributed by atoms with Crippen molar-refractivity contribution >= 4 is 22.5 Å². The Morgan fingerprint density at radius 2 is 2.27 bits per heavy atom. The molecule has 0 unspecified atom stereocenters. The molecule has 8 heteroatoms. The van der Waals surface area contributed by atoms with Crippen molar-refractivity contribution < 1.29 is 4.79 Å². The van der Waals surface area contributed by atoms with Gasteiger partial charge in [-0.2, -0.15) is 0 Å². The van der Waals surface area contributed by atoms with Crippen LogP contribution in [0.3, 0.4) is 0 Å². The van der Waals surface area contributed by atoms with Crippen molar-refractivity contribution in [2.75, 3.05) is 18.4 Å². The van der Waals surface area contributed by atoms with Crippen LogP contribution >= 0.6 is 11.3 Å². The lowest BCUT2D eigenvalue weighted by Crippen LogP contribution is -2.42. The van der Waals surface area contributed by atoms with E-state index in [9.17, 15) is 4.79 Å². The monoisotopic (exact) mass is 318 g/mol. The molecule has 0 radical (unpaired) electrons. The molecule has 2 aliphatic heterocycles. The number of hydrogen-bond donors (Lipinski definition) is 1. The minimum atomic E-state index is -0.0687. The number of anilines is 1. The summed E-state index contributed by atoms with van der Waals surface area (Å²) in [6.07, 6.45) is 5.93. The summed E-state index contributed by atoms with van der Waals surface area (Å²) in [4.78, 5) is 18.3. The van der Waals surface area contributed by atoms with Gasteiger partial charge in [0.25, 0.3) is 0 Å². The van der Waals surface area contributed by atoms with Crippen LogP contribution in [0.5, 0.6) is 0 Å². The van der Waals surface area contributed by atoms with Gasteiger partial charge in [0.15, 0.2) is 5.13 Å². The predicted molar refractivity (Wildman–Crippen MR) is 83.0 cm³/mol. The highest BCUT2D eigenvalue weighted by Crippen LogP contribution is 2.28. The standard InChI is InChI=1S/C14H18N6OS/c21-14(16-13-15-5-8-22-13)19-6-1-3-10(9-19)12-18-17-11-4-2-7-20(11)12/h5,8,10H,1-4,6-7,9H2,(H,15,16,21)/t10-/m0/s1. The maximum Gasteiger partial charge on any atom is 0.323 e. The molecule has 1 atom stereocenters. The van der Waals surface area contributed by atoms with Gasteiger partial charge in [0.1, 0.15) is 11.6 Å². The van der Waals surface area contributed by atoms with Gasteiger partial charge >= 0.3 is 6.03 Å². The molecule has 22 heavy (non-hydrogen) atoms. The number of aryl methyl sites for hydroxylation is 1. The lowest BCUT2D eigenvalue weighted by Gasteiger charge is -2.32. The lowest BCUT2D eigenvalue weighted by molar-refractivity contribution is 0.190. The Kier molecular flexibility index (Phi) is 3.53. The number of thiazole rings is 1. The van der Waals surface area contributed by atoms with Crippen LogP contribution in [0.25, 0.3) is 0 Å². The van der Waals surface area contributed by atoms with Crippen molar-refractivity contribution in [3.05, 3.63) is 23.2 Å². The fourth-order valence-electron chi connectivity index (χ4n) is 3.30. The fraction of sp³-hybridized carbons (Fsp3) is 0.571. The summed E-state index contributed by atoms with van der Waals surface area (Å²) in [6.45, 7) is 2.50. The molecule has 1 fully saturated rings. The molecule has 2 aromatic heterocycles. The Balaban J connectivity index is 1.46. The van der Waals surface area contributed by atoms with Crippen LogP contribution in [0.1, 0.15) is 36.8 Å². The smallest absolute Gasteiger partial charge is 0.323 e. The minimum absolute atomic E-state index is 0.0687. The van der Waals surface area contributed by atoms with Crippen LogP contribution in [0.15, 0.2) is 11.6 Å². The molecule has 0 aliphatic carbocycles. The van der Waals surface area contributed by atoms with Crippen molar-refractivity contribution in [3.8, 4) is 0 Å². The highest BCUT2D eigenvalue weighted by atomic mass is 32.1. The van der Waals surface area contributed by atoms with Crippen molar-refractivity contribution in [3.63, 3.8) is 0 Å². The fourth-order valence-corrected chi connectivity index (χ4v) is 3.82. The van der Waals surface area contributed by atoms with Gasteiger partial charge in [-0.1, -0.05) is 0 Å². The number of urea groups is 1. The van der Waals surface area contributed by atoms with E-state index in [2.05, 4.69) is 25.1 Å². The van der Waals surface area contributed by atoms with Crippen LogP contribution in [-0.2, 0) is 13.0 Å². The summed E-state index contributed by atoms with van der Waals surface area (Å²) in [5.41, 5.74) is 0. The van der Waals surface area contributed by atoms with E-state index in [1.165, 1.54) is 11.3 Å². The lowest BCUT2D eigenvalue weighted by atomic mass is 9.97. The van der Waals surface area contributed by atoms with Gasteiger partial charge < -0.3 is 9.47 Å². The molecule has 0 aromatic carbocycles. The van der Waals surface area contributed by atoms with E-state index < -0.39 is 0 Å². The number of fused-ring (bicyclic) bond motifs is 1. The van der Waals surface area contributed by atoms with Gasteiger partial charge in [0.2, 0.25) is 0 Å². The van der Waals surface area contributed by atoms with Crippen molar-refractivity contribution in [1.29, 1.82) is 0 Å². The first-order valence-corrected chi connectivity index (χ1v) is 8.56. The van der Waals surface area contributed by atoms with Crippen molar-refractivity contribution in [1.82, 2.24) is 24.6 Å². The minimum Gasteiger partial charge on any atom is -0.324 e. The van der Waals surface area contributed by atoms with Crippen LogP contribution in [-0.4, -0.2) is 43.8 Å². The molecule has 2 aliphatic rings. The molecule has 116 valence electrons. The van der Waals surface area contributed by atoms with Gasteiger partial charge in [-0.3, -0.25) is 5.32 Å². The van der Waals surface area contributed by atoms with E-state index in [1.807, 2.05) is 10.3 Å². The average molecular weight is 318 g/mol. The number of carbonyl (C=O) groups is 1. The summed E-state index contributed by atoms with van der Waals surface area (Å²) in [5, 5.41) is 14.0. The zero-order valence-electron chi connectivity index (χ0n) is 12.2. The number of rotatable bonds is 2. The first-order valence-electron chi connectivity index (χ1n) is 7.68. The Morgan fingerprint density at radius 3 is 3.14 bits per heavy atom. The third-order valence-electron chi connectivity index (χ3n) is 4.36. The third-order valence-corrected chi connectivity index (χ3v) is 5.05. The maximum atomic E-state index is 12.4. The first-order chi connectivity index (χ1) is 10.8. The molecule has 7 nitrogen and oxygen atoms in total. The van der Waals surface area contributed by atoms with Gasteiger partial charge in [-0.25, -0.2) is 9.78 Å². The first kappa shape index (κ1) is 13.7. The molecule has 1 N–H and O–H groups in total. The molecular weight excluding hydrogens is 300 g/mol. The molecule has 0 bridgehead atoms. The molecule has 0 spiro atoms. The largest absolute Gasteiger partial charge is 0.324 e. The van der Waals surface area contributed by atoms with Crippen LogP contribution < -0.4 is 5.32 Å². The Morgan fingerprint density at radius 1 is 1.32 bits per heavy atom. The summed E-state index contributed by atoms with van der Waals surface area (Å²) >= 11 is 1.43. The second-order valence-electron chi connectivity index (χ2n) is 5.78. The second-order valence-corrected chi connectivity index (χ2v) is 6.68. The van der Waals surface area contributed by atoms with E-state index in [4.69, 9.17) is 0 Å². The maximum absolute atomic E-state index is 12.4. The number of amides is 2. The van der Waals surface area contributed by atoms with Crippen LogP contribution in [0, 0.1) is 0 Å². The van der Waals surface area contributed by atoms with Gasteiger partial charge in [-0.05, 0) is 19.3 Å². The number of aromatic nitrogens is 4. The normalized spacial score (nSPS) is 20.9. The number of hydrogen-bond acceptors (Lipinski definition) is 5. The molecule has 4 heterocycles. The van der Waals surface area contributed by atoms with Crippen LogP contribution in [0.2, 0.25) is 0 Å². The van der Waals surface area contributed by atoms with Crippen molar-refractivity contribution in [2.24, 2.45) is 0 Å². The average Bonchev–Trinajstić information content (AvgIpc) is 3.25. The molecule has 2 amide bonds. The summed E-state index contributed by atoms with van der Waals surface area (Å²) in [5.74, 6) is 2.44. The third kappa shape index (κ3) is 2.47. The van der Waals surface area contributed by atoms with E-state index in [0.717, 1.165) is 50.4 Å². The second kappa shape index (κ2) is 5.68. The van der Waals surface area contributed by atoms with Gasteiger partial charge in [0, 0.05) is 43.5 Å². The van der Waals surface area contributed by atoms with Crippen LogP contribution in [0.4, 0.5) is 9.93 Å². The summed E-state index contributed by atoms with van der Waals surface area (Å²) < 4.78 is 2.24. The Labute approximate surface area is 132 Å². The number of likely N-dealkylation sites (tertiary alicyclic amines) is 1. The number of carbonyl (C=O) groups excluding carboxylic acids is 1. The van der Waals surface area contributed by atoms with E-state index >= 15 is 0 Å². The quantitative estimate of drug-likeness (QED) is 0.920.